The predicted molar refractivity (Wildman–Crippen MR) is 98.8 cm³/mol. The lowest BCUT2D eigenvalue weighted by Gasteiger charge is -2.43. The van der Waals surface area contributed by atoms with Crippen LogP contribution in [0.5, 0.6) is 0 Å². The number of fused-ring (bicyclic) bond motifs is 1. The van der Waals surface area contributed by atoms with E-state index in [0.29, 0.717) is 0 Å². The topological polar surface area (TPSA) is 82.2 Å². The lowest BCUT2D eigenvalue weighted by atomic mass is 9.81. The molecule has 2 fully saturated rings. The third kappa shape index (κ3) is 3.64. The predicted octanol–water partition coefficient (Wildman–Crippen LogP) is 1.54. The van der Waals surface area contributed by atoms with Gasteiger partial charge in [-0.05, 0) is 24.8 Å². The highest BCUT2D eigenvalue weighted by molar-refractivity contribution is 7.92. The van der Waals surface area contributed by atoms with Crippen molar-refractivity contribution in [3.05, 3.63) is 18.6 Å². The minimum Gasteiger partial charge on any atom is -0.356 e. The van der Waals surface area contributed by atoms with E-state index < -0.39 is 21.5 Å². The van der Waals surface area contributed by atoms with Gasteiger partial charge in [-0.2, -0.15) is 0 Å². The van der Waals surface area contributed by atoms with Gasteiger partial charge in [-0.1, -0.05) is 0 Å². The summed E-state index contributed by atoms with van der Waals surface area (Å²) in [6, 6.07) is 2.18. The number of anilines is 1. The number of halogens is 2. The zero-order valence-electron chi connectivity index (χ0n) is 15.1. The van der Waals surface area contributed by atoms with Gasteiger partial charge in [0.15, 0.2) is 9.84 Å². The number of likely N-dealkylation sites (tertiary alicyclic amines) is 1. The number of H-pyrrole nitrogens is 1. The number of aromatic amines is 1. The number of hydrogen-bond donors (Lipinski definition) is 1. The molecule has 3 heterocycles. The molecule has 27 heavy (non-hydrogen) atoms. The fourth-order valence-corrected chi connectivity index (χ4v) is 6.10. The van der Waals surface area contributed by atoms with Gasteiger partial charge < -0.3 is 9.88 Å². The zero-order valence-corrected chi connectivity index (χ0v) is 15.9. The number of sulfone groups is 1. The molecule has 0 bridgehead atoms. The zero-order chi connectivity index (χ0) is 19.2. The van der Waals surface area contributed by atoms with Crippen molar-refractivity contribution >= 4 is 26.7 Å². The number of nitrogens with one attached hydrogen (secondary N) is 1. The molecular weight excluding hydrogens is 376 g/mol. The van der Waals surface area contributed by atoms with E-state index >= 15 is 0 Å². The minimum atomic E-state index is -3.23. The molecule has 2 aliphatic rings. The minimum absolute atomic E-state index is 0.121. The lowest BCUT2D eigenvalue weighted by Crippen LogP contribution is -2.57. The number of alkyl halides is 2. The first-order valence-corrected chi connectivity index (χ1v) is 10.8. The van der Waals surface area contributed by atoms with Crippen molar-refractivity contribution in [3.63, 3.8) is 0 Å². The second kappa shape index (κ2) is 6.97. The number of rotatable bonds is 7. The van der Waals surface area contributed by atoms with Crippen LogP contribution in [0.4, 0.5) is 14.6 Å². The first-order chi connectivity index (χ1) is 12.8. The van der Waals surface area contributed by atoms with Crippen molar-refractivity contribution in [3.8, 4) is 0 Å². The molecule has 10 heteroatoms. The van der Waals surface area contributed by atoms with E-state index in [1.165, 1.54) is 11.2 Å². The van der Waals surface area contributed by atoms with Gasteiger partial charge in [-0.25, -0.2) is 27.2 Å². The summed E-state index contributed by atoms with van der Waals surface area (Å²) in [6.45, 7) is 0.124. The van der Waals surface area contributed by atoms with E-state index in [-0.39, 0.29) is 37.3 Å². The maximum atomic E-state index is 12.5. The van der Waals surface area contributed by atoms with Crippen LogP contribution in [0, 0.1) is 5.92 Å². The van der Waals surface area contributed by atoms with E-state index in [4.69, 9.17) is 0 Å². The molecular formula is C17H23F2N5O2S. The molecule has 0 unspecified atom stereocenters. The van der Waals surface area contributed by atoms with Gasteiger partial charge in [-0.15, -0.1) is 0 Å². The molecule has 1 N–H and O–H groups in total. The van der Waals surface area contributed by atoms with Gasteiger partial charge in [0.1, 0.15) is 17.8 Å². The van der Waals surface area contributed by atoms with E-state index in [1.54, 1.807) is 0 Å². The molecule has 1 saturated heterocycles. The Kier molecular flexibility index (Phi) is 4.79. The van der Waals surface area contributed by atoms with Crippen molar-refractivity contribution in [2.45, 2.75) is 30.6 Å². The molecule has 1 aliphatic carbocycles. The molecule has 0 aromatic carbocycles. The Morgan fingerprint density at radius 2 is 2.07 bits per heavy atom. The van der Waals surface area contributed by atoms with Crippen molar-refractivity contribution in [2.24, 2.45) is 5.92 Å². The van der Waals surface area contributed by atoms with Crippen LogP contribution in [0.25, 0.3) is 11.0 Å². The van der Waals surface area contributed by atoms with E-state index in [1.807, 2.05) is 19.3 Å². The Morgan fingerprint density at radius 3 is 2.78 bits per heavy atom. The quantitative estimate of drug-likeness (QED) is 0.761. The summed E-state index contributed by atoms with van der Waals surface area (Å²) in [4.78, 5) is 15.2. The summed E-state index contributed by atoms with van der Waals surface area (Å²) in [7, 11) is -1.26. The molecule has 2 aromatic heterocycles. The molecule has 0 radical (unpaired) electrons. The van der Waals surface area contributed by atoms with Crippen molar-refractivity contribution in [2.75, 3.05) is 37.3 Å². The highest BCUT2D eigenvalue weighted by atomic mass is 32.2. The summed E-state index contributed by atoms with van der Waals surface area (Å²) < 4.78 is 49.6. The second-order valence-corrected chi connectivity index (χ2v) is 9.93. The van der Waals surface area contributed by atoms with Crippen LogP contribution in [-0.4, -0.2) is 78.4 Å². The molecule has 2 aromatic rings. The molecule has 0 amide bonds. The summed E-state index contributed by atoms with van der Waals surface area (Å²) in [5.41, 5.74) is 0.781. The van der Waals surface area contributed by atoms with Gasteiger partial charge in [0.2, 0.25) is 0 Å². The number of nitrogens with zero attached hydrogens (tertiary/aromatic N) is 4. The Balaban J connectivity index is 1.30. The average Bonchev–Trinajstić information content (AvgIpc) is 3.01. The van der Waals surface area contributed by atoms with Crippen molar-refractivity contribution < 1.29 is 17.2 Å². The van der Waals surface area contributed by atoms with Crippen LogP contribution in [0.1, 0.15) is 12.8 Å². The third-order valence-electron chi connectivity index (χ3n) is 5.72. The van der Waals surface area contributed by atoms with E-state index in [0.717, 1.165) is 29.7 Å². The molecule has 0 spiro atoms. The monoisotopic (exact) mass is 399 g/mol. The summed E-state index contributed by atoms with van der Waals surface area (Å²) in [5.74, 6) is 1.11. The van der Waals surface area contributed by atoms with Crippen LogP contribution in [0.15, 0.2) is 18.6 Å². The standard InChI is InChI=1S/C17H23F2N5O2S/c1-23(17-14-2-3-20-16(14)21-10-22-17)12-4-11(5-12)9-27(25,26)13-6-24(7-13)8-15(18)19/h2-3,10-13,15H,4-9H2,1H3,(H,20,21,22)/t11-,12+. The number of hydrogen-bond acceptors (Lipinski definition) is 6. The highest BCUT2D eigenvalue weighted by Gasteiger charge is 2.42. The summed E-state index contributed by atoms with van der Waals surface area (Å²) >= 11 is 0. The summed E-state index contributed by atoms with van der Waals surface area (Å²) in [6.07, 6.45) is 2.51. The first-order valence-electron chi connectivity index (χ1n) is 9.06. The normalized spacial score (nSPS) is 24.1. The number of aromatic nitrogens is 3. The van der Waals surface area contributed by atoms with Gasteiger partial charge >= 0.3 is 0 Å². The van der Waals surface area contributed by atoms with Crippen molar-refractivity contribution in [1.82, 2.24) is 19.9 Å². The van der Waals surface area contributed by atoms with Crippen LogP contribution >= 0.6 is 0 Å². The molecule has 148 valence electrons. The largest absolute Gasteiger partial charge is 0.356 e. The fraction of sp³-hybridized carbons (Fsp3) is 0.647. The maximum absolute atomic E-state index is 12.5. The molecule has 7 nitrogen and oxygen atoms in total. The third-order valence-corrected chi connectivity index (χ3v) is 7.97. The molecule has 0 atom stereocenters. The van der Waals surface area contributed by atoms with Gasteiger partial charge in [0.25, 0.3) is 6.43 Å². The summed E-state index contributed by atoms with van der Waals surface area (Å²) in [5, 5.41) is 0.457. The first kappa shape index (κ1) is 18.5. The Bertz CT molecular complexity index is 907. The smallest absolute Gasteiger partial charge is 0.251 e. The molecule has 1 saturated carbocycles. The lowest BCUT2D eigenvalue weighted by molar-refractivity contribution is 0.0603. The van der Waals surface area contributed by atoms with Crippen LogP contribution < -0.4 is 4.90 Å². The van der Waals surface area contributed by atoms with Crippen LogP contribution in [-0.2, 0) is 9.84 Å². The van der Waals surface area contributed by atoms with E-state index in [2.05, 4.69) is 19.9 Å². The van der Waals surface area contributed by atoms with Crippen LogP contribution in [0.2, 0.25) is 0 Å². The second-order valence-electron chi connectivity index (χ2n) is 7.60. The maximum Gasteiger partial charge on any atom is 0.251 e. The van der Waals surface area contributed by atoms with Gasteiger partial charge in [0, 0.05) is 32.4 Å². The highest BCUT2D eigenvalue weighted by Crippen LogP contribution is 2.36. The molecule has 4 rings (SSSR count). The SMILES string of the molecule is CN(c1ncnc2[nH]ccc12)[C@H]1C[C@@H](CS(=O)(=O)C2CN(CC(F)F)C2)C1. The van der Waals surface area contributed by atoms with Crippen molar-refractivity contribution in [1.29, 1.82) is 0 Å². The average molecular weight is 399 g/mol. The Morgan fingerprint density at radius 1 is 1.33 bits per heavy atom. The van der Waals surface area contributed by atoms with Crippen LogP contribution in [0.3, 0.4) is 0 Å². The Labute approximate surface area is 156 Å². The van der Waals surface area contributed by atoms with Gasteiger partial charge in [0.05, 0.1) is 22.9 Å². The van der Waals surface area contributed by atoms with E-state index in [9.17, 15) is 17.2 Å². The fourth-order valence-electron chi connectivity index (χ4n) is 4.02. The molecule has 1 aliphatic heterocycles. The van der Waals surface area contributed by atoms with Gasteiger partial charge in [-0.3, -0.25) is 4.90 Å². The Hall–Kier alpha value is -1.81.